The number of Topliss-reactive ketones (excluding diaryl/α,β-unsaturated/α-hetero) is 1. The molecule has 0 saturated carbocycles. The van der Waals surface area contributed by atoms with Crippen molar-refractivity contribution in [2.24, 2.45) is 0 Å². The van der Waals surface area contributed by atoms with Gasteiger partial charge < -0.3 is 9.73 Å². The van der Waals surface area contributed by atoms with Crippen molar-refractivity contribution in [1.82, 2.24) is 9.55 Å². The average molecular weight is 339 g/mol. The quantitative estimate of drug-likeness (QED) is 0.737. The number of aromatic nitrogens is 2. The molecule has 0 aliphatic rings. The second-order valence-corrected chi connectivity index (χ2v) is 5.83. The van der Waals surface area contributed by atoms with E-state index in [-0.39, 0.29) is 29.5 Å². The van der Waals surface area contributed by atoms with Gasteiger partial charge in [0, 0.05) is 16.8 Å². The molecule has 0 unspecified atom stereocenters. The number of nitrogens with one attached hydrogen (secondary N) is 1. The molecule has 0 fully saturated rings. The maximum atomic E-state index is 12.5. The Kier molecular flexibility index (Phi) is 4.22. The molecule has 0 atom stereocenters. The van der Waals surface area contributed by atoms with E-state index in [4.69, 9.17) is 4.42 Å². The zero-order chi connectivity index (χ0) is 18.1. The van der Waals surface area contributed by atoms with Gasteiger partial charge in [0.2, 0.25) is 11.6 Å². The second-order valence-electron chi connectivity index (χ2n) is 5.83. The van der Waals surface area contributed by atoms with Crippen LogP contribution in [-0.2, 0) is 11.3 Å². The number of carbonyl (C=O) groups excluding carboxylic acids is 2. The number of ketones is 1. The van der Waals surface area contributed by atoms with Gasteiger partial charge in [0.25, 0.3) is 5.56 Å². The van der Waals surface area contributed by atoms with Crippen LogP contribution in [0, 0.1) is 13.8 Å². The van der Waals surface area contributed by atoms with Crippen molar-refractivity contribution in [3.05, 3.63) is 57.8 Å². The third-order valence-electron chi connectivity index (χ3n) is 4.02. The van der Waals surface area contributed by atoms with Gasteiger partial charge in [0.05, 0.1) is 0 Å². The smallest absolute Gasteiger partial charge is 0.265 e. The van der Waals surface area contributed by atoms with Crippen molar-refractivity contribution in [2.75, 3.05) is 5.32 Å². The summed E-state index contributed by atoms with van der Waals surface area (Å²) in [6.45, 7) is 4.81. The van der Waals surface area contributed by atoms with E-state index in [1.165, 1.54) is 17.8 Å². The van der Waals surface area contributed by atoms with Crippen LogP contribution in [0.3, 0.4) is 0 Å². The Bertz CT molecular complexity index is 1050. The minimum Gasteiger partial charge on any atom is -0.443 e. The molecular formula is C18H17N3O4. The highest BCUT2D eigenvalue weighted by Crippen LogP contribution is 2.19. The van der Waals surface area contributed by atoms with Gasteiger partial charge in [-0.3, -0.25) is 19.0 Å². The lowest BCUT2D eigenvalue weighted by atomic mass is 10.1. The van der Waals surface area contributed by atoms with Crippen LogP contribution in [0.25, 0.3) is 11.1 Å². The van der Waals surface area contributed by atoms with E-state index in [0.29, 0.717) is 22.4 Å². The van der Waals surface area contributed by atoms with Crippen molar-refractivity contribution < 1.29 is 14.0 Å². The van der Waals surface area contributed by atoms with Crippen LogP contribution in [0.5, 0.6) is 0 Å². The third-order valence-corrected chi connectivity index (χ3v) is 4.02. The first-order valence-electron chi connectivity index (χ1n) is 7.73. The lowest BCUT2D eigenvalue weighted by molar-refractivity contribution is -0.116. The Labute approximate surface area is 143 Å². The van der Waals surface area contributed by atoms with Gasteiger partial charge in [-0.2, -0.15) is 0 Å². The van der Waals surface area contributed by atoms with Gasteiger partial charge in [-0.05, 0) is 32.9 Å². The third kappa shape index (κ3) is 3.21. The van der Waals surface area contributed by atoms with Gasteiger partial charge in [-0.1, -0.05) is 12.1 Å². The summed E-state index contributed by atoms with van der Waals surface area (Å²) in [6, 6.07) is 6.63. The molecule has 0 aliphatic heterocycles. The SMILES string of the molecule is CC(=O)c1cccc(NC(=O)Cn2cnc3oc(C)c(C)c3c2=O)c1. The number of aryl methyl sites for hydroxylation is 2. The Morgan fingerprint density at radius 1 is 1.28 bits per heavy atom. The molecule has 1 aromatic carbocycles. The Morgan fingerprint density at radius 3 is 2.76 bits per heavy atom. The topological polar surface area (TPSA) is 94.2 Å². The number of hydrogen-bond acceptors (Lipinski definition) is 5. The number of carbonyl (C=O) groups is 2. The number of fused-ring (bicyclic) bond motifs is 1. The molecule has 128 valence electrons. The molecule has 0 radical (unpaired) electrons. The number of nitrogens with zero attached hydrogens (tertiary/aromatic N) is 2. The first-order valence-corrected chi connectivity index (χ1v) is 7.73. The monoisotopic (exact) mass is 339 g/mol. The fraction of sp³-hybridized carbons (Fsp3) is 0.222. The maximum absolute atomic E-state index is 12.5. The van der Waals surface area contributed by atoms with Gasteiger partial charge in [0.15, 0.2) is 5.78 Å². The summed E-state index contributed by atoms with van der Waals surface area (Å²) in [5.41, 5.74) is 1.66. The molecule has 2 aromatic heterocycles. The van der Waals surface area contributed by atoms with Crippen LogP contribution in [0.1, 0.15) is 28.6 Å². The standard InChI is InChI=1S/C18H17N3O4/c1-10-12(3)25-17-16(10)18(24)21(9-19-17)8-15(23)20-14-6-4-5-13(7-14)11(2)22/h4-7,9H,8H2,1-3H3,(H,20,23). The highest BCUT2D eigenvalue weighted by molar-refractivity contribution is 5.97. The lowest BCUT2D eigenvalue weighted by Crippen LogP contribution is -2.28. The van der Waals surface area contributed by atoms with Crippen LogP contribution in [0.2, 0.25) is 0 Å². The molecule has 1 N–H and O–H groups in total. The van der Waals surface area contributed by atoms with Gasteiger partial charge >= 0.3 is 0 Å². The predicted molar refractivity (Wildman–Crippen MR) is 92.8 cm³/mol. The van der Waals surface area contributed by atoms with Crippen LogP contribution in [-0.4, -0.2) is 21.2 Å². The average Bonchev–Trinajstić information content (AvgIpc) is 2.85. The van der Waals surface area contributed by atoms with Crippen LogP contribution >= 0.6 is 0 Å². The summed E-state index contributed by atoms with van der Waals surface area (Å²) >= 11 is 0. The predicted octanol–water partition coefficient (Wildman–Crippen LogP) is 2.45. The van der Waals surface area contributed by atoms with E-state index in [1.54, 1.807) is 38.1 Å². The molecule has 1 amide bonds. The fourth-order valence-electron chi connectivity index (χ4n) is 2.55. The molecule has 7 nitrogen and oxygen atoms in total. The molecule has 0 spiro atoms. The Hall–Kier alpha value is -3.22. The molecule has 3 aromatic rings. The molecule has 2 heterocycles. The van der Waals surface area contributed by atoms with Crippen LogP contribution < -0.4 is 10.9 Å². The van der Waals surface area contributed by atoms with Crippen LogP contribution in [0.4, 0.5) is 5.69 Å². The zero-order valence-electron chi connectivity index (χ0n) is 14.1. The first-order chi connectivity index (χ1) is 11.9. The van der Waals surface area contributed by atoms with E-state index in [9.17, 15) is 14.4 Å². The molecule has 25 heavy (non-hydrogen) atoms. The fourth-order valence-corrected chi connectivity index (χ4v) is 2.55. The molecule has 7 heteroatoms. The summed E-state index contributed by atoms with van der Waals surface area (Å²) in [4.78, 5) is 40.3. The van der Waals surface area contributed by atoms with Gasteiger partial charge in [0.1, 0.15) is 24.0 Å². The van der Waals surface area contributed by atoms with E-state index < -0.39 is 0 Å². The number of amides is 1. The van der Waals surface area contributed by atoms with E-state index in [2.05, 4.69) is 10.3 Å². The number of hydrogen-bond donors (Lipinski definition) is 1. The van der Waals surface area contributed by atoms with E-state index in [1.807, 2.05) is 0 Å². The molecule has 0 bridgehead atoms. The molecule has 0 saturated heterocycles. The molecule has 3 rings (SSSR count). The highest BCUT2D eigenvalue weighted by Gasteiger charge is 2.15. The van der Waals surface area contributed by atoms with Crippen molar-refractivity contribution in [2.45, 2.75) is 27.3 Å². The largest absolute Gasteiger partial charge is 0.443 e. The highest BCUT2D eigenvalue weighted by atomic mass is 16.3. The van der Waals surface area contributed by atoms with Crippen molar-refractivity contribution in [3.63, 3.8) is 0 Å². The Morgan fingerprint density at radius 2 is 2.04 bits per heavy atom. The van der Waals surface area contributed by atoms with Crippen molar-refractivity contribution in [3.8, 4) is 0 Å². The summed E-state index contributed by atoms with van der Waals surface area (Å²) in [6.07, 6.45) is 1.29. The van der Waals surface area contributed by atoms with Crippen molar-refractivity contribution in [1.29, 1.82) is 0 Å². The normalized spacial score (nSPS) is 10.8. The van der Waals surface area contributed by atoms with E-state index >= 15 is 0 Å². The summed E-state index contributed by atoms with van der Waals surface area (Å²) in [5.74, 6) is 0.150. The summed E-state index contributed by atoms with van der Waals surface area (Å²) in [7, 11) is 0. The maximum Gasteiger partial charge on any atom is 0.265 e. The summed E-state index contributed by atoms with van der Waals surface area (Å²) < 4.78 is 6.64. The number of furan rings is 1. The van der Waals surface area contributed by atoms with Gasteiger partial charge in [-0.15, -0.1) is 0 Å². The Balaban J connectivity index is 1.84. The zero-order valence-corrected chi connectivity index (χ0v) is 14.1. The lowest BCUT2D eigenvalue weighted by Gasteiger charge is -2.08. The van der Waals surface area contributed by atoms with Crippen LogP contribution in [0.15, 0.2) is 39.8 Å². The first kappa shape index (κ1) is 16.6. The number of rotatable bonds is 4. The molecule has 0 aliphatic carbocycles. The summed E-state index contributed by atoms with van der Waals surface area (Å²) in [5, 5.41) is 3.06. The second kappa shape index (κ2) is 6.35. The molecular weight excluding hydrogens is 322 g/mol. The number of benzene rings is 1. The minimum atomic E-state index is -0.387. The van der Waals surface area contributed by atoms with Gasteiger partial charge in [-0.25, -0.2) is 4.98 Å². The van der Waals surface area contributed by atoms with Crippen molar-refractivity contribution >= 4 is 28.5 Å². The number of anilines is 1. The minimum absolute atomic E-state index is 0.0900. The van der Waals surface area contributed by atoms with E-state index in [0.717, 1.165) is 5.56 Å².